The first kappa shape index (κ1) is 21.1. The van der Waals surface area contributed by atoms with Crippen LogP contribution in [-0.2, 0) is 27.4 Å². The molecule has 0 saturated heterocycles. The van der Waals surface area contributed by atoms with Crippen LogP contribution in [0, 0.1) is 5.92 Å². The molecule has 0 radical (unpaired) electrons. The fourth-order valence-electron chi connectivity index (χ4n) is 3.25. The summed E-state index contributed by atoms with van der Waals surface area (Å²) < 4.78 is 5.11. The maximum atomic E-state index is 12.5. The highest BCUT2D eigenvalue weighted by atomic mass is 16.5. The van der Waals surface area contributed by atoms with Gasteiger partial charge in [-0.15, -0.1) is 0 Å². The lowest BCUT2D eigenvalue weighted by Gasteiger charge is -2.16. The summed E-state index contributed by atoms with van der Waals surface area (Å²) in [6.45, 7) is 1.61. The molecule has 0 saturated carbocycles. The molecule has 0 aliphatic carbocycles. The number of hydrogen-bond donors (Lipinski definition) is 3. The maximum Gasteiger partial charge on any atom is 0.408 e. The van der Waals surface area contributed by atoms with Crippen molar-refractivity contribution in [2.75, 3.05) is 0 Å². The highest BCUT2D eigenvalue weighted by molar-refractivity contribution is 5.90. The Labute approximate surface area is 174 Å². The minimum atomic E-state index is -1.05. The molecule has 0 aliphatic rings. The van der Waals surface area contributed by atoms with Crippen LogP contribution in [0.5, 0.6) is 0 Å². The van der Waals surface area contributed by atoms with Crippen LogP contribution < -0.4 is 5.32 Å². The normalized spacial score (nSPS) is 12.8. The number of nitrogens with one attached hydrogen (secondary N) is 2. The number of carbonyl (C=O) groups is 3. The minimum absolute atomic E-state index is 0.0892. The zero-order valence-electron chi connectivity index (χ0n) is 16.6. The summed E-state index contributed by atoms with van der Waals surface area (Å²) in [4.78, 5) is 39.3. The van der Waals surface area contributed by atoms with Gasteiger partial charge in [-0.05, 0) is 30.5 Å². The molecule has 2 atom stereocenters. The largest absolute Gasteiger partial charge is 0.481 e. The van der Waals surface area contributed by atoms with Crippen LogP contribution in [0.2, 0.25) is 0 Å². The number of H-pyrrole nitrogens is 1. The predicted octanol–water partition coefficient (Wildman–Crippen LogP) is 3.69. The molecule has 1 aromatic heterocycles. The average molecular weight is 408 g/mol. The van der Waals surface area contributed by atoms with Gasteiger partial charge >= 0.3 is 12.1 Å². The molecule has 3 N–H and O–H groups in total. The number of rotatable bonds is 9. The Bertz CT molecular complexity index is 1030. The zero-order valence-corrected chi connectivity index (χ0v) is 16.6. The molecule has 1 amide bonds. The van der Waals surface area contributed by atoms with E-state index in [0.29, 0.717) is 0 Å². The van der Waals surface area contributed by atoms with E-state index in [1.807, 2.05) is 54.6 Å². The Kier molecular flexibility index (Phi) is 6.85. The SMILES string of the molecule is C[C@H](NC(=O)OCc1ccccc1)C(=O)C[C@@H](Cc1c[nH]c2ccccc12)C(=O)O. The van der Waals surface area contributed by atoms with Crippen molar-refractivity contribution in [1.29, 1.82) is 0 Å². The monoisotopic (exact) mass is 408 g/mol. The van der Waals surface area contributed by atoms with Gasteiger partial charge in [0.1, 0.15) is 6.61 Å². The number of carboxylic acids is 1. The molecule has 0 unspecified atom stereocenters. The summed E-state index contributed by atoms with van der Waals surface area (Å²) in [5.41, 5.74) is 2.59. The van der Waals surface area contributed by atoms with E-state index in [-0.39, 0.29) is 25.2 Å². The van der Waals surface area contributed by atoms with Crippen molar-refractivity contribution in [3.8, 4) is 0 Å². The molecule has 0 bridgehead atoms. The number of aromatic nitrogens is 1. The van der Waals surface area contributed by atoms with Gasteiger partial charge in [-0.25, -0.2) is 4.79 Å². The summed E-state index contributed by atoms with van der Waals surface area (Å²) >= 11 is 0. The van der Waals surface area contributed by atoms with Crippen molar-refractivity contribution in [2.45, 2.75) is 32.4 Å². The Hall–Kier alpha value is -3.61. The first-order chi connectivity index (χ1) is 14.4. The number of ketones is 1. The number of alkyl carbamates (subject to hydrolysis) is 1. The third-order valence-electron chi connectivity index (χ3n) is 4.97. The molecule has 0 fully saturated rings. The second-order valence-corrected chi connectivity index (χ2v) is 7.20. The number of carboxylic acid groups (broad SMARTS) is 1. The molecule has 7 heteroatoms. The molecule has 2 aromatic carbocycles. The minimum Gasteiger partial charge on any atom is -0.481 e. The second kappa shape index (κ2) is 9.73. The van der Waals surface area contributed by atoms with Crippen molar-refractivity contribution in [2.24, 2.45) is 5.92 Å². The number of para-hydroxylation sites is 1. The van der Waals surface area contributed by atoms with E-state index in [1.54, 1.807) is 6.20 Å². The molecular weight excluding hydrogens is 384 g/mol. The number of aromatic amines is 1. The number of benzene rings is 2. The van der Waals surface area contributed by atoms with Gasteiger partial charge in [-0.1, -0.05) is 48.5 Å². The van der Waals surface area contributed by atoms with Crippen LogP contribution in [0.25, 0.3) is 10.9 Å². The third-order valence-corrected chi connectivity index (χ3v) is 4.97. The van der Waals surface area contributed by atoms with E-state index in [2.05, 4.69) is 10.3 Å². The average Bonchev–Trinajstić information content (AvgIpc) is 3.15. The van der Waals surface area contributed by atoms with Crippen molar-refractivity contribution < 1.29 is 24.2 Å². The summed E-state index contributed by atoms with van der Waals surface area (Å²) in [5, 5.41) is 13.0. The van der Waals surface area contributed by atoms with Crippen LogP contribution in [0.15, 0.2) is 60.8 Å². The van der Waals surface area contributed by atoms with Gasteiger partial charge in [0.2, 0.25) is 0 Å². The van der Waals surface area contributed by atoms with E-state index in [4.69, 9.17) is 4.74 Å². The smallest absolute Gasteiger partial charge is 0.408 e. The number of Topliss-reactive ketones (excluding diaryl/α,β-unsaturated/α-hetero) is 1. The van der Waals surface area contributed by atoms with Crippen LogP contribution >= 0.6 is 0 Å². The molecule has 30 heavy (non-hydrogen) atoms. The molecule has 7 nitrogen and oxygen atoms in total. The molecule has 1 heterocycles. The Balaban J connectivity index is 1.55. The fraction of sp³-hybridized carbons (Fsp3) is 0.261. The Morgan fingerprint density at radius 2 is 1.77 bits per heavy atom. The topological polar surface area (TPSA) is 108 Å². The highest BCUT2D eigenvalue weighted by Gasteiger charge is 2.26. The molecular formula is C23H24N2O5. The molecule has 3 rings (SSSR count). The molecule has 3 aromatic rings. The van der Waals surface area contributed by atoms with Gasteiger partial charge in [0.25, 0.3) is 0 Å². The van der Waals surface area contributed by atoms with E-state index in [0.717, 1.165) is 22.0 Å². The standard InChI is InChI=1S/C23H24N2O5/c1-15(25-23(29)30-14-16-7-3-2-4-8-16)21(26)12-17(22(27)28)11-18-13-24-20-10-6-5-9-19(18)20/h2-10,13,15,17,24H,11-12,14H2,1H3,(H,25,29)(H,27,28)/t15-,17+/m0/s1. The van der Waals surface area contributed by atoms with Gasteiger partial charge in [0.05, 0.1) is 12.0 Å². The summed E-state index contributed by atoms with van der Waals surface area (Å²) in [6.07, 6.45) is 1.09. The van der Waals surface area contributed by atoms with Crippen molar-refractivity contribution >= 4 is 28.7 Å². The van der Waals surface area contributed by atoms with Gasteiger partial charge in [-0.2, -0.15) is 0 Å². The first-order valence-corrected chi connectivity index (χ1v) is 9.71. The van der Waals surface area contributed by atoms with Gasteiger partial charge in [0, 0.05) is 23.5 Å². The Morgan fingerprint density at radius 1 is 1.07 bits per heavy atom. The number of amides is 1. The lowest BCUT2D eigenvalue weighted by atomic mass is 9.92. The van der Waals surface area contributed by atoms with E-state index < -0.39 is 24.0 Å². The molecule has 156 valence electrons. The second-order valence-electron chi connectivity index (χ2n) is 7.20. The van der Waals surface area contributed by atoms with E-state index in [9.17, 15) is 19.5 Å². The van der Waals surface area contributed by atoms with Crippen LogP contribution in [-0.4, -0.2) is 34.0 Å². The summed E-state index contributed by atoms with van der Waals surface area (Å²) in [5.74, 6) is -2.30. The van der Waals surface area contributed by atoms with Crippen molar-refractivity contribution in [1.82, 2.24) is 10.3 Å². The predicted molar refractivity (Wildman–Crippen MR) is 112 cm³/mol. The summed E-state index contributed by atoms with van der Waals surface area (Å²) in [6, 6.07) is 15.9. The van der Waals surface area contributed by atoms with Crippen LogP contribution in [0.1, 0.15) is 24.5 Å². The molecule has 0 aliphatic heterocycles. The van der Waals surface area contributed by atoms with Gasteiger partial charge in [0.15, 0.2) is 5.78 Å². The van der Waals surface area contributed by atoms with E-state index >= 15 is 0 Å². The van der Waals surface area contributed by atoms with Gasteiger partial charge in [-0.3, -0.25) is 9.59 Å². The highest BCUT2D eigenvalue weighted by Crippen LogP contribution is 2.22. The Morgan fingerprint density at radius 3 is 2.50 bits per heavy atom. The van der Waals surface area contributed by atoms with Gasteiger partial charge < -0.3 is 20.1 Å². The molecule has 0 spiro atoms. The zero-order chi connectivity index (χ0) is 21.5. The summed E-state index contributed by atoms with van der Waals surface area (Å²) in [7, 11) is 0. The van der Waals surface area contributed by atoms with Crippen LogP contribution in [0.4, 0.5) is 4.79 Å². The van der Waals surface area contributed by atoms with Crippen molar-refractivity contribution in [3.05, 3.63) is 71.9 Å². The quantitative estimate of drug-likeness (QED) is 0.500. The van der Waals surface area contributed by atoms with E-state index in [1.165, 1.54) is 6.92 Å². The van der Waals surface area contributed by atoms with Crippen LogP contribution in [0.3, 0.4) is 0 Å². The lowest BCUT2D eigenvalue weighted by molar-refractivity contribution is -0.143. The fourth-order valence-corrected chi connectivity index (χ4v) is 3.25. The number of hydrogen-bond acceptors (Lipinski definition) is 4. The maximum absolute atomic E-state index is 12.5. The number of fused-ring (bicyclic) bond motifs is 1. The lowest BCUT2D eigenvalue weighted by Crippen LogP contribution is -2.40. The first-order valence-electron chi connectivity index (χ1n) is 9.71. The number of carbonyl (C=O) groups excluding carboxylic acids is 2. The number of ether oxygens (including phenoxy) is 1. The third kappa shape index (κ3) is 5.47. The number of aliphatic carboxylic acids is 1. The van der Waals surface area contributed by atoms with Crippen molar-refractivity contribution in [3.63, 3.8) is 0 Å².